The molecule has 2 nitrogen and oxygen atoms in total. The fourth-order valence-electron chi connectivity index (χ4n) is 3.30. The first-order chi connectivity index (χ1) is 9.15. The van der Waals surface area contributed by atoms with Gasteiger partial charge < -0.3 is 9.84 Å². The summed E-state index contributed by atoms with van der Waals surface area (Å²) in [6.07, 6.45) is 10.7. The largest absolute Gasteiger partial charge is 0.396 e. The molecule has 0 bridgehead atoms. The topological polar surface area (TPSA) is 29.5 Å². The summed E-state index contributed by atoms with van der Waals surface area (Å²) in [5.74, 6) is 1.38. The molecule has 3 heteroatoms. The Morgan fingerprint density at radius 1 is 1.05 bits per heavy atom. The zero-order chi connectivity index (χ0) is 14.1. The Morgan fingerprint density at radius 3 is 2.32 bits per heavy atom. The van der Waals surface area contributed by atoms with Gasteiger partial charge in [0.25, 0.3) is 0 Å². The summed E-state index contributed by atoms with van der Waals surface area (Å²) < 4.78 is 6.04. The van der Waals surface area contributed by atoms with Gasteiger partial charge in [0.05, 0.1) is 12.2 Å². The van der Waals surface area contributed by atoms with Crippen LogP contribution in [0, 0.1) is 5.92 Å². The number of hydrogen-bond donors (Lipinski definition) is 1. The summed E-state index contributed by atoms with van der Waals surface area (Å²) in [5.41, 5.74) is 0. The van der Waals surface area contributed by atoms with Gasteiger partial charge >= 0.3 is 0 Å². The Bertz CT molecular complexity index is 221. The van der Waals surface area contributed by atoms with E-state index in [1.54, 1.807) is 0 Å². The van der Waals surface area contributed by atoms with E-state index in [1.807, 2.05) is 0 Å². The van der Waals surface area contributed by atoms with Gasteiger partial charge in [-0.15, -0.1) is 0 Å². The molecule has 0 heterocycles. The van der Waals surface area contributed by atoms with Crippen molar-refractivity contribution in [2.75, 3.05) is 6.61 Å². The van der Waals surface area contributed by atoms with Crippen LogP contribution in [0.15, 0.2) is 0 Å². The van der Waals surface area contributed by atoms with E-state index in [4.69, 9.17) is 4.74 Å². The number of hydrogen-bond acceptors (Lipinski definition) is 2. The molecule has 112 valence electrons. The van der Waals surface area contributed by atoms with Crippen LogP contribution in [-0.2, 0) is 4.74 Å². The molecule has 1 rings (SSSR count). The SMILES string of the molecule is CBC1CCCC(CO)CCC(OC(C)C)CCC1. The third-order valence-electron chi connectivity index (χ3n) is 4.56. The average Bonchev–Trinajstić information content (AvgIpc) is 2.42. The monoisotopic (exact) mass is 268 g/mol. The van der Waals surface area contributed by atoms with Crippen LogP contribution in [0.4, 0.5) is 0 Å². The van der Waals surface area contributed by atoms with Gasteiger partial charge in [-0.1, -0.05) is 38.3 Å². The van der Waals surface area contributed by atoms with Crippen LogP contribution in [0.25, 0.3) is 0 Å². The van der Waals surface area contributed by atoms with Gasteiger partial charge in [0.1, 0.15) is 7.28 Å². The highest BCUT2D eigenvalue weighted by Crippen LogP contribution is 2.28. The zero-order valence-electron chi connectivity index (χ0n) is 13.2. The van der Waals surface area contributed by atoms with E-state index in [9.17, 15) is 5.11 Å². The first-order valence-electron chi connectivity index (χ1n) is 8.42. The molecule has 0 spiro atoms. The molecule has 1 aliphatic rings. The maximum absolute atomic E-state index is 9.49. The molecule has 1 fully saturated rings. The molecule has 0 aromatic heterocycles. The standard InChI is InChI=1S/C16H33BO2/c1-13(2)19-16-9-5-8-15(17-3)7-4-6-14(12-18)10-11-16/h13-18H,4-12H2,1-3H3. The molecular formula is C16H33BO2. The number of rotatable bonds is 4. The van der Waals surface area contributed by atoms with Gasteiger partial charge in [-0.25, -0.2) is 0 Å². The predicted molar refractivity (Wildman–Crippen MR) is 84.3 cm³/mol. The van der Waals surface area contributed by atoms with Gasteiger partial charge in [-0.05, 0) is 45.4 Å². The van der Waals surface area contributed by atoms with Crippen LogP contribution in [0.5, 0.6) is 0 Å². The molecule has 0 saturated heterocycles. The summed E-state index contributed by atoms with van der Waals surface area (Å²) >= 11 is 0. The second kappa shape index (κ2) is 9.82. The first kappa shape index (κ1) is 17.0. The highest BCUT2D eigenvalue weighted by molar-refractivity contribution is 6.35. The van der Waals surface area contributed by atoms with E-state index in [1.165, 1.54) is 45.8 Å². The molecule has 1 saturated carbocycles. The third-order valence-corrected chi connectivity index (χ3v) is 4.56. The Labute approximate surface area is 120 Å². The highest BCUT2D eigenvalue weighted by atomic mass is 16.5. The number of ether oxygens (including phenoxy) is 1. The summed E-state index contributed by atoms with van der Waals surface area (Å²) in [4.78, 5) is 0. The fraction of sp³-hybridized carbons (Fsp3) is 1.00. The van der Waals surface area contributed by atoms with E-state index in [0.717, 1.165) is 18.7 Å². The van der Waals surface area contributed by atoms with E-state index in [-0.39, 0.29) is 0 Å². The second-order valence-corrected chi connectivity index (χ2v) is 6.57. The second-order valence-electron chi connectivity index (χ2n) is 6.57. The minimum atomic E-state index is 0.324. The summed E-state index contributed by atoms with van der Waals surface area (Å²) in [6.45, 7) is 6.92. The first-order valence-corrected chi connectivity index (χ1v) is 8.42. The third kappa shape index (κ3) is 7.36. The number of aliphatic hydroxyl groups excluding tert-OH is 1. The highest BCUT2D eigenvalue weighted by Gasteiger charge is 2.18. The van der Waals surface area contributed by atoms with Crippen LogP contribution < -0.4 is 0 Å². The predicted octanol–water partition coefficient (Wildman–Crippen LogP) is 3.80. The minimum Gasteiger partial charge on any atom is -0.396 e. The Kier molecular flexibility index (Phi) is 8.81. The van der Waals surface area contributed by atoms with Crippen molar-refractivity contribution in [1.29, 1.82) is 0 Å². The zero-order valence-corrected chi connectivity index (χ0v) is 13.2. The van der Waals surface area contributed by atoms with Crippen molar-refractivity contribution in [2.45, 2.75) is 90.1 Å². The Balaban J connectivity index is 2.52. The van der Waals surface area contributed by atoms with Crippen LogP contribution in [0.3, 0.4) is 0 Å². The fourth-order valence-corrected chi connectivity index (χ4v) is 3.30. The van der Waals surface area contributed by atoms with Crippen molar-refractivity contribution in [3.05, 3.63) is 0 Å². The average molecular weight is 268 g/mol. The van der Waals surface area contributed by atoms with E-state index < -0.39 is 0 Å². The van der Waals surface area contributed by atoms with Gasteiger partial charge in [0.2, 0.25) is 0 Å². The van der Waals surface area contributed by atoms with E-state index >= 15 is 0 Å². The van der Waals surface area contributed by atoms with Crippen LogP contribution in [-0.4, -0.2) is 31.2 Å². The van der Waals surface area contributed by atoms with Gasteiger partial charge in [0.15, 0.2) is 0 Å². The molecule has 0 amide bonds. The van der Waals surface area contributed by atoms with Crippen molar-refractivity contribution in [3.8, 4) is 0 Å². The van der Waals surface area contributed by atoms with Crippen molar-refractivity contribution in [3.63, 3.8) is 0 Å². The molecule has 0 aromatic carbocycles. The van der Waals surface area contributed by atoms with Crippen LogP contribution >= 0.6 is 0 Å². The molecule has 3 unspecified atom stereocenters. The lowest BCUT2D eigenvalue weighted by Gasteiger charge is -2.22. The van der Waals surface area contributed by atoms with Crippen LogP contribution in [0.1, 0.15) is 65.2 Å². The summed E-state index contributed by atoms with van der Waals surface area (Å²) in [6, 6.07) is 0. The molecule has 0 radical (unpaired) electrons. The molecule has 0 aromatic rings. The van der Waals surface area contributed by atoms with E-state index in [2.05, 4.69) is 20.7 Å². The maximum atomic E-state index is 9.49. The summed E-state index contributed by atoms with van der Waals surface area (Å²) in [5, 5.41) is 9.49. The summed E-state index contributed by atoms with van der Waals surface area (Å²) in [7, 11) is 1.31. The normalized spacial score (nSPS) is 30.9. The van der Waals surface area contributed by atoms with Crippen molar-refractivity contribution < 1.29 is 9.84 Å². The molecule has 1 aliphatic carbocycles. The van der Waals surface area contributed by atoms with Crippen LogP contribution in [0.2, 0.25) is 12.6 Å². The van der Waals surface area contributed by atoms with Crippen molar-refractivity contribution in [2.24, 2.45) is 5.92 Å². The Hall–Kier alpha value is -0.0151. The lowest BCUT2D eigenvalue weighted by molar-refractivity contribution is -0.00695. The molecular weight excluding hydrogens is 235 g/mol. The molecule has 1 N–H and O–H groups in total. The van der Waals surface area contributed by atoms with Gasteiger partial charge in [-0.2, -0.15) is 0 Å². The molecule has 0 aliphatic heterocycles. The minimum absolute atomic E-state index is 0.324. The van der Waals surface area contributed by atoms with Crippen molar-refractivity contribution in [1.82, 2.24) is 0 Å². The van der Waals surface area contributed by atoms with Gasteiger partial charge in [0, 0.05) is 6.61 Å². The van der Waals surface area contributed by atoms with Gasteiger partial charge in [-0.3, -0.25) is 0 Å². The molecule has 19 heavy (non-hydrogen) atoms. The Morgan fingerprint density at radius 2 is 1.74 bits per heavy atom. The lowest BCUT2D eigenvalue weighted by atomic mass is 9.63. The van der Waals surface area contributed by atoms with Crippen molar-refractivity contribution >= 4 is 7.28 Å². The quantitative estimate of drug-likeness (QED) is 0.786. The lowest BCUT2D eigenvalue weighted by Crippen LogP contribution is -2.20. The number of aliphatic hydroxyl groups is 1. The van der Waals surface area contributed by atoms with E-state index in [0.29, 0.717) is 24.7 Å². The smallest absolute Gasteiger partial charge is 0.120 e. The maximum Gasteiger partial charge on any atom is 0.120 e. The molecule has 3 atom stereocenters.